The molecular weight excluding hydrogens is 333 g/mol. The predicted octanol–water partition coefficient (Wildman–Crippen LogP) is 4.64. The molecule has 2 N–H and O–H groups in total. The van der Waals surface area contributed by atoms with Crippen LogP contribution in [0.5, 0.6) is 5.75 Å². The molecule has 7 heteroatoms. The number of carbonyl (C=O) groups excluding carboxylic acids is 1. The molecule has 134 valence electrons. The molecule has 0 radical (unpaired) electrons. The molecule has 0 bridgehead atoms. The lowest BCUT2D eigenvalue weighted by Crippen LogP contribution is -2.32. The summed E-state index contributed by atoms with van der Waals surface area (Å²) in [6, 6.07) is 10.3. The SMILES string of the molecule is Cc1ccc(NC(=O)[C@@H](C)Nc2ccc(OC(F)(F)F)cc2)c(C)c1. The lowest BCUT2D eigenvalue weighted by molar-refractivity contribution is -0.274. The second-order valence-corrected chi connectivity index (χ2v) is 5.75. The first-order valence-electron chi connectivity index (χ1n) is 7.64. The zero-order valence-electron chi connectivity index (χ0n) is 14.1. The Kier molecular flexibility index (Phi) is 5.56. The van der Waals surface area contributed by atoms with Gasteiger partial charge in [-0.05, 0) is 56.7 Å². The van der Waals surface area contributed by atoms with Gasteiger partial charge in [-0.2, -0.15) is 0 Å². The van der Waals surface area contributed by atoms with E-state index in [1.54, 1.807) is 6.92 Å². The Morgan fingerprint density at radius 2 is 1.72 bits per heavy atom. The van der Waals surface area contributed by atoms with Gasteiger partial charge in [-0.25, -0.2) is 0 Å². The lowest BCUT2D eigenvalue weighted by atomic mass is 10.1. The van der Waals surface area contributed by atoms with Crippen LogP contribution in [0.2, 0.25) is 0 Å². The van der Waals surface area contributed by atoms with Crippen molar-refractivity contribution in [2.45, 2.75) is 33.2 Å². The summed E-state index contributed by atoms with van der Waals surface area (Å²) >= 11 is 0. The van der Waals surface area contributed by atoms with Gasteiger partial charge in [0.05, 0.1) is 0 Å². The van der Waals surface area contributed by atoms with Gasteiger partial charge in [-0.1, -0.05) is 17.7 Å². The van der Waals surface area contributed by atoms with E-state index < -0.39 is 12.4 Å². The number of anilines is 2. The number of ether oxygens (including phenoxy) is 1. The summed E-state index contributed by atoms with van der Waals surface area (Å²) < 4.78 is 40.2. The Hall–Kier alpha value is -2.70. The number of carbonyl (C=O) groups is 1. The maximum absolute atomic E-state index is 12.3. The van der Waals surface area contributed by atoms with Crippen LogP contribution in [-0.2, 0) is 4.79 Å². The number of amides is 1. The van der Waals surface area contributed by atoms with E-state index in [4.69, 9.17) is 0 Å². The van der Waals surface area contributed by atoms with Gasteiger partial charge in [-0.3, -0.25) is 4.79 Å². The smallest absolute Gasteiger partial charge is 0.406 e. The van der Waals surface area contributed by atoms with Gasteiger partial charge in [0.2, 0.25) is 5.91 Å². The first-order valence-corrected chi connectivity index (χ1v) is 7.64. The maximum Gasteiger partial charge on any atom is 0.573 e. The second-order valence-electron chi connectivity index (χ2n) is 5.75. The summed E-state index contributed by atoms with van der Waals surface area (Å²) in [7, 11) is 0. The van der Waals surface area contributed by atoms with Crippen molar-refractivity contribution < 1.29 is 22.7 Å². The molecule has 2 aromatic rings. The minimum atomic E-state index is -4.73. The summed E-state index contributed by atoms with van der Waals surface area (Å²) in [5.74, 6) is -0.562. The summed E-state index contributed by atoms with van der Waals surface area (Å²) in [4.78, 5) is 12.3. The van der Waals surface area contributed by atoms with Crippen LogP contribution in [0.15, 0.2) is 42.5 Å². The van der Waals surface area contributed by atoms with Crippen LogP contribution in [0.3, 0.4) is 0 Å². The van der Waals surface area contributed by atoms with Crippen molar-refractivity contribution in [1.82, 2.24) is 0 Å². The number of rotatable bonds is 5. The van der Waals surface area contributed by atoms with Crippen LogP contribution in [0.1, 0.15) is 18.1 Å². The Labute approximate surface area is 144 Å². The largest absolute Gasteiger partial charge is 0.573 e. The van der Waals surface area contributed by atoms with E-state index in [-0.39, 0.29) is 11.7 Å². The van der Waals surface area contributed by atoms with E-state index in [0.29, 0.717) is 5.69 Å². The highest BCUT2D eigenvalue weighted by Gasteiger charge is 2.31. The van der Waals surface area contributed by atoms with Crippen molar-refractivity contribution >= 4 is 17.3 Å². The standard InChI is InChI=1S/C18H19F3N2O2/c1-11-4-9-16(12(2)10-11)23-17(24)13(3)22-14-5-7-15(8-6-14)25-18(19,20)21/h4-10,13,22H,1-3H3,(H,23,24)/t13-/m1/s1. The topological polar surface area (TPSA) is 50.4 Å². The Morgan fingerprint density at radius 3 is 2.28 bits per heavy atom. The number of aryl methyl sites for hydroxylation is 2. The van der Waals surface area contributed by atoms with Gasteiger partial charge in [-0.15, -0.1) is 13.2 Å². The fourth-order valence-corrected chi connectivity index (χ4v) is 2.26. The number of hydrogen-bond donors (Lipinski definition) is 2. The molecule has 0 aliphatic rings. The van der Waals surface area contributed by atoms with Crippen LogP contribution >= 0.6 is 0 Å². The van der Waals surface area contributed by atoms with Gasteiger partial charge < -0.3 is 15.4 Å². The normalized spacial score (nSPS) is 12.4. The molecule has 0 saturated carbocycles. The number of alkyl halides is 3. The molecule has 0 unspecified atom stereocenters. The summed E-state index contributed by atoms with van der Waals surface area (Å²) in [5, 5.41) is 5.76. The summed E-state index contributed by atoms with van der Waals surface area (Å²) in [6.07, 6.45) is -4.73. The van der Waals surface area contributed by atoms with Crippen LogP contribution in [-0.4, -0.2) is 18.3 Å². The average Bonchev–Trinajstić information content (AvgIpc) is 2.50. The summed E-state index contributed by atoms with van der Waals surface area (Å²) in [5.41, 5.74) is 3.29. The predicted molar refractivity (Wildman–Crippen MR) is 90.8 cm³/mol. The van der Waals surface area contributed by atoms with Crippen LogP contribution in [0.4, 0.5) is 24.5 Å². The van der Waals surface area contributed by atoms with Crippen LogP contribution in [0.25, 0.3) is 0 Å². The second kappa shape index (κ2) is 7.46. The number of hydrogen-bond acceptors (Lipinski definition) is 3. The molecule has 0 heterocycles. The van der Waals surface area contributed by atoms with Gasteiger partial charge in [0, 0.05) is 11.4 Å². The Morgan fingerprint density at radius 1 is 1.08 bits per heavy atom. The first-order chi connectivity index (χ1) is 11.6. The minimum Gasteiger partial charge on any atom is -0.406 e. The number of halogens is 3. The molecule has 1 atom stereocenters. The zero-order valence-corrected chi connectivity index (χ0v) is 14.1. The van der Waals surface area contributed by atoms with Gasteiger partial charge in [0.25, 0.3) is 0 Å². The highest BCUT2D eigenvalue weighted by molar-refractivity contribution is 5.96. The van der Waals surface area contributed by atoms with Crippen molar-refractivity contribution in [2.75, 3.05) is 10.6 Å². The number of benzene rings is 2. The van der Waals surface area contributed by atoms with E-state index in [1.165, 1.54) is 24.3 Å². The first kappa shape index (κ1) is 18.6. The molecule has 2 rings (SSSR count). The Balaban J connectivity index is 1.96. The molecule has 0 aromatic heterocycles. The van der Waals surface area contributed by atoms with Crippen molar-refractivity contribution in [3.05, 3.63) is 53.6 Å². The third kappa shape index (κ3) is 5.70. The molecule has 0 aliphatic heterocycles. The van der Waals surface area contributed by atoms with E-state index in [0.717, 1.165) is 16.8 Å². The molecule has 1 amide bonds. The molecule has 25 heavy (non-hydrogen) atoms. The average molecular weight is 352 g/mol. The summed E-state index contributed by atoms with van der Waals surface area (Å²) in [6.45, 7) is 5.54. The third-order valence-corrected chi connectivity index (χ3v) is 3.50. The lowest BCUT2D eigenvalue weighted by Gasteiger charge is -2.17. The maximum atomic E-state index is 12.3. The van der Waals surface area contributed by atoms with E-state index in [1.807, 2.05) is 32.0 Å². The van der Waals surface area contributed by atoms with Crippen molar-refractivity contribution in [3.63, 3.8) is 0 Å². The fraction of sp³-hybridized carbons (Fsp3) is 0.278. The molecule has 4 nitrogen and oxygen atoms in total. The highest BCUT2D eigenvalue weighted by atomic mass is 19.4. The number of nitrogens with one attached hydrogen (secondary N) is 2. The molecule has 2 aromatic carbocycles. The highest BCUT2D eigenvalue weighted by Crippen LogP contribution is 2.24. The fourth-order valence-electron chi connectivity index (χ4n) is 2.26. The van der Waals surface area contributed by atoms with Crippen molar-refractivity contribution in [3.8, 4) is 5.75 Å². The zero-order chi connectivity index (χ0) is 18.6. The van der Waals surface area contributed by atoms with Gasteiger partial charge in [0.15, 0.2) is 0 Å². The van der Waals surface area contributed by atoms with E-state index in [9.17, 15) is 18.0 Å². The molecular formula is C18H19F3N2O2. The monoisotopic (exact) mass is 352 g/mol. The van der Waals surface area contributed by atoms with Crippen molar-refractivity contribution in [1.29, 1.82) is 0 Å². The molecule has 0 fully saturated rings. The minimum absolute atomic E-state index is 0.248. The van der Waals surface area contributed by atoms with E-state index in [2.05, 4.69) is 15.4 Å². The van der Waals surface area contributed by atoms with Crippen LogP contribution < -0.4 is 15.4 Å². The van der Waals surface area contributed by atoms with Gasteiger partial charge in [0.1, 0.15) is 11.8 Å². The third-order valence-electron chi connectivity index (χ3n) is 3.50. The molecule has 0 aliphatic carbocycles. The van der Waals surface area contributed by atoms with Crippen molar-refractivity contribution in [2.24, 2.45) is 0 Å². The van der Waals surface area contributed by atoms with Crippen LogP contribution in [0, 0.1) is 13.8 Å². The quantitative estimate of drug-likeness (QED) is 0.824. The van der Waals surface area contributed by atoms with Gasteiger partial charge >= 0.3 is 6.36 Å². The molecule has 0 spiro atoms. The molecule has 0 saturated heterocycles. The van der Waals surface area contributed by atoms with E-state index >= 15 is 0 Å². The Bertz CT molecular complexity index is 743.